The van der Waals surface area contributed by atoms with Gasteiger partial charge in [0.25, 0.3) is 0 Å². The molecule has 0 aliphatic heterocycles. The molecule has 1 amide bonds. The van der Waals surface area contributed by atoms with E-state index in [1.54, 1.807) is 0 Å². The average molecular weight is 173 g/mol. The molecule has 3 N–H and O–H groups in total. The van der Waals surface area contributed by atoms with Crippen LogP contribution in [0.2, 0.25) is 0 Å². The van der Waals surface area contributed by atoms with E-state index in [-0.39, 0.29) is 12.1 Å². The van der Waals surface area contributed by atoms with Crippen molar-refractivity contribution in [1.29, 1.82) is 0 Å². The van der Waals surface area contributed by atoms with Crippen LogP contribution < -0.4 is 5.32 Å². The van der Waals surface area contributed by atoms with Crippen molar-refractivity contribution in [1.82, 2.24) is 5.32 Å². The number of hydrogen-bond acceptors (Lipinski definition) is 2. The molecule has 4 nitrogen and oxygen atoms in total. The zero-order chi connectivity index (χ0) is 9.14. The number of aliphatic hydroxyl groups is 1. The highest BCUT2D eigenvalue weighted by Crippen LogP contribution is 2.23. The fourth-order valence-corrected chi connectivity index (χ4v) is 1.60. The first-order valence-electron chi connectivity index (χ1n) is 4.27. The molecule has 3 atom stereocenters. The summed E-state index contributed by atoms with van der Waals surface area (Å²) in [5.41, 5.74) is 0. The molecule has 0 heterocycles. The maximum absolute atomic E-state index is 10.3. The minimum Gasteiger partial charge on any atom is -0.465 e. The Morgan fingerprint density at radius 1 is 1.50 bits per heavy atom. The highest BCUT2D eigenvalue weighted by molar-refractivity contribution is 5.64. The van der Waals surface area contributed by atoms with Gasteiger partial charge in [-0.05, 0) is 25.2 Å². The lowest BCUT2D eigenvalue weighted by Crippen LogP contribution is -2.41. The Hall–Kier alpha value is -0.770. The van der Waals surface area contributed by atoms with Crippen molar-refractivity contribution in [3.05, 3.63) is 0 Å². The van der Waals surface area contributed by atoms with E-state index in [0.717, 1.165) is 12.8 Å². The fraction of sp³-hybridized carbons (Fsp3) is 0.875. The van der Waals surface area contributed by atoms with Gasteiger partial charge in [0, 0.05) is 6.04 Å². The standard InChI is InChI=1S/C8H15NO3/c1-5-2-3-6(4-7(5)10)9-8(11)12/h5-7,9-10H,2-4H2,1H3,(H,11,12)/t5-,6-,7-/m1/s1. The normalized spacial score (nSPS) is 36.0. The number of carbonyl (C=O) groups is 1. The van der Waals surface area contributed by atoms with E-state index in [1.165, 1.54) is 0 Å². The van der Waals surface area contributed by atoms with Crippen LogP contribution in [0, 0.1) is 5.92 Å². The molecule has 70 valence electrons. The van der Waals surface area contributed by atoms with Gasteiger partial charge in [-0.1, -0.05) is 6.92 Å². The Balaban J connectivity index is 2.35. The summed E-state index contributed by atoms with van der Waals surface area (Å²) < 4.78 is 0. The molecule has 0 unspecified atom stereocenters. The van der Waals surface area contributed by atoms with Crippen molar-refractivity contribution in [2.75, 3.05) is 0 Å². The summed E-state index contributed by atoms with van der Waals surface area (Å²) in [5, 5.41) is 20.2. The molecule has 0 spiro atoms. The van der Waals surface area contributed by atoms with E-state index in [2.05, 4.69) is 5.32 Å². The lowest BCUT2D eigenvalue weighted by molar-refractivity contribution is 0.0634. The van der Waals surface area contributed by atoms with Crippen molar-refractivity contribution in [2.45, 2.75) is 38.3 Å². The first kappa shape index (κ1) is 9.32. The largest absolute Gasteiger partial charge is 0.465 e. The summed E-state index contributed by atoms with van der Waals surface area (Å²) in [6.45, 7) is 1.99. The predicted octanol–water partition coefficient (Wildman–Crippen LogP) is 0.804. The molecule has 0 aromatic heterocycles. The molecular weight excluding hydrogens is 158 g/mol. The van der Waals surface area contributed by atoms with Crippen molar-refractivity contribution in [2.24, 2.45) is 5.92 Å². The Morgan fingerprint density at radius 3 is 2.67 bits per heavy atom. The van der Waals surface area contributed by atoms with Crippen LogP contribution in [0.1, 0.15) is 26.2 Å². The molecule has 0 radical (unpaired) electrons. The van der Waals surface area contributed by atoms with Gasteiger partial charge in [-0.15, -0.1) is 0 Å². The van der Waals surface area contributed by atoms with E-state index in [1.807, 2.05) is 6.92 Å². The Labute approximate surface area is 71.6 Å². The van der Waals surface area contributed by atoms with Crippen molar-refractivity contribution < 1.29 is 15.0 Å². The van der Waals surface area contributed by atoms with Gasteiger partial charge >= 0.3 is 6.09 Å². The van der Waals surface area contributed by atoms with E-state index in [9.17, 15) is 9.90 Å². The molecule has 0 aromatic carbocycles. The SMILES string of the molecule is C[C@@H]1CC[C@@H](NC(=O)O)C[C@H]1O. The highest BCUT2D eigenvalue weighted by atomic mass is 16.4. The zero-order valence-electron chi connectivity index (χ0n) is 7.16. The predicted molar refractivity (Wildman–Crippen MR) is 44.0 cm³/mol. The summed E-state index contributed by atoms with van der Waals surface area (Å²) in [7, 11) is 0. The molecule has 1 aliphatic carbocycles. The van der Waals surface area contributed by atoms with E-state index >= 15 is 0 Å². The summed E-state index contributed by atoms with van der Waals surface area (Å²) >= 11 is 0. The first-order chi connectivity index (χ1) is 5.59. The molecular formula is C8H15NO3. The number of rotatable bonds is 1. The highest BCUT2D eigenvalue weighted by Gasteiger charge is 2.26. The summed E-state index contributed by atoms with van der Waals surface area (Å²) in [6, 6.07) is -0.0614. The Morgan fingerprint density at radius 2 is 2.17 bits per heavy atom. The third-order valence-corrected chi connectivity index (χ3v) is 2.48. The summed E-state index contributed by atoms with van der Waals surface area (Å²) in [4.78, 5) is 10.3. The van der Waals surface area contributed by atoms with Gasteiger partial charge in [-0.3, -0.25) is 0 Å². The molecule has 0 saturated heterocycles. The van der Waals surface area contributed by atoms with Crippen molar-refractivity contribution in [3.8, 4) is 0 Å². The van der Waals surface area contributed by atoms with Gasteiger partial charge in [0.15, 0.2) is 0 Å². The maximum atomic E-state index is 10.3. The van der Waals surface area contributed by atoms with Crippen LogP contribution in [-0.4, -0.2) is 28.5 Å². The van der Waals surface area contributed by atoms with Gasteiger partial charge in [-0.25, -0.2) is 4.79 Å². The number of amides is 1. The van der Waals surface area contributed by atoms with Crippen LogP contribution in [0.5, 0.6) is 0 Å². The third-order valence-electron chi connectivity index (χ3n) is 2.48. The van der Waals surface area contributed by atoms with Crippen molar-refractivity contribution in [3.63, 3.8) is 0 Å². The number of hydrogen-bond donors (Lipinski definition) is 3. The number of nitrogens with one attached hydrogen (secondary N) is 1. The average Bonchev–Trinajstić information content (AvgIpc) is 1.96. The van der Waals surface area contributed by atoms with Gasteiger partial charge < -0.3 is 15.5 Å². The van der Waals surface area contributed by atoms with Gasteiger partial charge in [-0.2, -0.15) is 0 Å². The third kappa shape index (κ3) is 2.37. The smallest absolute Gasteiger partial charge is 0.404 e. The number of aliphatic hydroxyl groups excluding tert-OH is 1. The van der Waals surface area contributed by atoms with Crippen LogP contribution >= 0.6 is 0 Å². The lowest BCUT2D eigenvalue weighted by Gasteiger charge is -2.30. The van der Waals surface area contributed by atoms with Gasteiger partial charge in [0.05, 0.1) is 6.10 Å². The van der Waals surface area contributed by atoms with Crippen LogP contribution in [0.15, 0.2) is 0 Å². The van der Waals surface area contributed by atoms with Crippen LogP contribution in [-0.2, 0) is 0 Å². The molecule has 1 rings (SSSR count). The topological polar surface area (TPSA) is 69.6 Å². The van der Waals surface area contributed by atoms with Crippen LogP contribution in [0.3, 0.4) is 0 Å². The molecule has 0 bridgehead atoms. The fourth-order valence-electron chi connectivity index (χ4n) is 1.60. The molecule has 0 aromatic rings. The minimum absolute atomic E-state index is 0.0614. The van der Waals surface area contributed by atoms with Crippen LogP contribution in [0.25, 0.3) is 0 Å². The van der Waals surface area contributed by atoms with Gasteiger partial charge in [0.1, 0.15) is 0 Å². The molecule has 1 aliphatic rings. The Kier molecular flexibility index (Phi) is 2.92. The first-order valence-corrected chi connectivity index (χ1v) is 4.27. The monoisotopic (exact) mass is 173 g/mol. The minimum atomic E-state index is -0.998. The summed E-state index contributed by atoms with van der Waals surface area (Å²) in [6.07, 6.45) is 0.932. The van der Waals surface area contributed by atoms with E-state index in [0.29, 0.717) is 12.3 Å². The number of carboxylic acid groups (broad SMARTS) is 1. The second kappa shape index (κ2) is 3.76. The second-order valence-electron chi connectivity index (χ2n) is 3.50. The Bertz CT molecular complexity index is 172. The summed E-state index contributed by atoms with van der Waals surface area (Å²) in [5.74, 6) is 0.303. The second-order valence-corrected chi connectivity index (χ2v) is 3.50. The quantitative estimate of drug-likeness (QED) is 0.549. The maximum Gasteiger partial charge on any atom is 0.404 e. The van der Waals surface area contributed by atoms with Crippen molar-refractivity contribution >= 4 is 6.09 Å². The molecule has 12 heavy (non-hydrogen) atoms. The van der Waals surface area contributed by atoms with E-state index in [4.69, 9.17) is 5.11 Å². The molecule has 1 fully saturated rings. The lowest BCUT2D eigenvalue weighted by atomic mass is 9.85. The molecule has 1 saturated carbocycles. The van der Waals surface area contributed by atoms with E-state index < -0.39 is 6.09 Å². The van der Waals surface area contributed by atoms with Gasteiger partial charge in [0.2, 0.25) is 0 Å². The molecule has 4 heteroatoms. The van der Waals surface area contributed by atoms with Crippen LogP contribution in [0.4, 0.5) is 4.79 Å². The zero-order valence-corrected chi connectivity index (χ0v) is 7.16.